The fourth-order valence-corrected chi connectivity index (χ4v) is 1.02. The first-order valence-corrected chi connectivity index (χ1v) is 4.60. The van der Waals surface area contributed by atoms with Crippen LogP contribution in [0.3, 0.4) is 0 Å². The van der Waals surface area contributed by atoms with Gasteiger partial charge in [-0.15, -0.1) is 5.16 Å². The zero-order valence-corrected chi connectivity index (χ0v) is 9.12. The maximum Gasteiger partial charge on any atom is 0.223 e. The van der Waals surface area contributed by atoms with Crippen molar-refractivity contribution in [1.29, 1.82) is 0 Å². The molecule has 88 valence electrons. The number of hydrogen-bond acceptors (Lipinski definition) is 8. The molecule has 1 aromatic heterocycles. The van der Waals surface area contributed by atoms with E-state index in [1.807, 2.05) is 6.92 Å². The average Bonchev–Trinajstić information content (AvgIpc) is 2.16. The lowest BCUT2D eigenvalue weighted by molar-refractivity contribution is 0.309. The van der Waals surface area contributed by atoms with Crippen molar-refractivity contribution in [2.75, 3.05) is 23.9 Å². The first-order chi connectivity index (χ1) is 7.52. The van der Waals surface area contributed by atoms with E-state index in [1.54, 1.807) is 18.1 Å². The van der Waals surface area contributed by atoms with E-state index >= 15 is 0 Å². The highest BCUT2D eigenvalue weighted by atomic mass is 16.4. The predicted octanol–water partition coefficient (Wildman–Crippen LogP) is -0.252. The largest absolute Gasteiger partial charge is 0.411 e. The van der Waals surface area contributed by atoms with E-state index in [4.69, 9.17) is 16.7 Å². The van der Waals surface area contributed by atoms with Crippen LogP contribution in [-0.2, 0) is 0 Å². The molecule has 1 rings (SSSR count). The lowest BCUT2D eigenvalue weighted by atomic mass is 10.4. The molecule has 0 aliphatic carbocycles. The van der Waals surface area contributed by atoms with Gasteiger partial charge in [0.15, 0.2) is 0 Å². The molecule has 1 aromatic rings. The molecule has 8 nitrogen and oxygen atoms in total. The molecule has 1 heterocycles. The fraction of sp³-hybridized carbons (Fsp3) is 0.375. The summed E-state index contributed by atoms with van der Waals surface area (Å²) in [6, 6.07) is 1.43. The normalized spacial score (nSPS) is 13.2. The number of nitrogens with one attached hydrogen (secondary N) is 1. The van der Waals surface area contributed by atoms with E-state index in [1.165, 1.54) is 6.21 Å². The van der Waals surface area contributed by atoms with Gasteiger partial charge in [-0.2, -0.15) is 9.97 Å². The van der Waals surface area contributed by atoms with Crippen LogP contribution < -0.4 is 16.9 Å². The molecule has 6 N–H and O–H groups in total. The predicted molar refractivity (Wildman–Crippen MR) is 62.0 cm³/mol. The number of nitrogens with zero attached hydrogens (tertiary/aromatic N) is 4. The highest BCUT2D eigenvalue weighted by Crippen LogP contribution is 2.10. The molecule has 8 heteroatoms. The van der Waals surface area contributed by atoms with Crippen LogP contribution >= 0.6 is 0 Å². The quantitative estimate of drug-likeness (QED) is 0.316. The number of nitrogens with two attached hydrogens (primary N) is 2. The van der Waals surface area contributed by atoms with E-state index in [0.717, 1.165) is 0 Å². The van der Waals surface area contributed by atoms with Crippen LogP contribution in [0.5, 0.6) is 0 Å². The third kappa shape index (κ3) is 3.24. The van der Waals surface area contributed by atoms with Gasteiger partial charge < -0.3 is 22.1 Å². The van der Waals surface area contributed by atoms with E-state index < -0.39 is 0 Å². The molecule has 1 atom stereocenters. The smallest absolute Gasteiger partial charge is 0.223 e. The third-order valence-electron chi connectivity index (χ3n) is 1.95. The summed E-state index contributed by atoms with van der Waals surface area (Å²) in [5.74, 6) is 0.858. The molecular formula is C8H15N7O. The Bertz CT molecular complexity index is 360. The van der Waals surface area contributed by atoms with Crippen LogP contribution in [0.15, 0.2) is 11.2 Å². The molecule has 0 saturated carbocycles. The van der Waals surface area contributed by atoms with E-state index in [0.29, 0.717) is 5.82 Å². The number of hydrazine groups is 1. The van der Waals surface area contributed by atoms with E-state index in [2.05, 4.69) is 20.5 Å². The monoisotopic (exact) mass is 225 g/mol. The molecule has 0 spiro atoms. The van der Waals surface area contributed by atoms with Crippen molar-refractivity contribution in [3.63, 3.8) is 0 Å². The van der Waals surface area contributed by atoms with Crippen molar-refractivity contribution < 1.29 is 5.21 Å². The summed E-state index contributed by atoms with van der Waals surface area (Å²) in [7, 11) is 1.76. The highest BCUT2D eigenvalue weighted by Gasteiger charge is 2.08. The Hall–Kier alpha value is -2.09. The molecule has 0 bridgehead atoms. The van der Waals surface area contributed by atoms with Gasteiger partial charge in [0.1, 0.15) is 11.6 Å². The lowest BCUT2D eigenvalue weighted by Gasteiger charge is -2.22. The standard InChI is InChI=1S/C8H15N7O/c1-5(4-11-16)15(2)14-7-3-6(9)12-8(10)13-7/h3-5,16H,1-2H3,(H5,9,10,12,13,14). The maximum atomic E-state index is 8.39. The number of aromatic nitrogens is 2. The number of rotatable bonds is 4. The number of nitrogen functional groups attached to an aromatic ring is 2. The molecule has 0 fully saturated rings. The summed E-state index contributed by atoms with van der Waals surface area (Å²) in [5.41, 5.74) is 13.9. The average molecular weight is 225 g/mol. The first-order valence-electron chi connectivity index (χ1n) is 4.60. The van der Waals surface area contributed by atoms with Crippen LogP contribution in [0.4, 0.5) is 17.6 Å². The van der Waals surface area contributed by atoms with Crippen molar-refractivity contribution in [3.8, 4) is 0 Å². The number of oxime groups is 1. The van der Waals surface area contributed by atoms with Gasteiger partial charge in [0, 0.05) is 13.1 Å². The molecule has 0 aliphatic heterocycles. The van der Waals surface area contributed by atoms with Crippen molar-refractivity contribution in [2.45, 2.75) is 13.0 Å². The Balaban J connectivity index is 2.72. The Labute approximate surface area is 92.9 Å². The maximum absolute atomic E-state index is 8.39. The first kappa shape index (κ1) is 12.0. The van der Waals surface area contributed by atoms with Crippen LogP contribution in [0.1, 0.15) is 6.92 Å². The van der Waals surface area contributed by atoms with Gasteiger partial charge in [-0.1, -0.05) is 0 Å². The second kappa shape index (κ2) is 5.12. The van der Waals surface area contributed by atoms with Gasteiger partial charge in [-0.25, -0.2) is 5.01 Å². The van der Waals surface area contributed by atoms with Crippen LogP contribution in [-0.4, -0.2) is 39.5 Å². The molecule has 0 aromatic carbocycles. The molecular weight excluding hydrogens is 210 g/mol. The Morgan fingerprint density at radius 3 is 2.81 bits per heavy atom. The second-order valence-corrected chi connectivity index (χ2v) is 3.26. The van der Waals surface area contributed by atoms with Crippen LogP contribution in [0, 0.1) is 0 Å². The Kier molecular flexibility index (Phi) is 3.84. The summed E-state index contributed by atoms with van der Waals surface area (Å²) in [4.78, 5) is 7.69. The van der Waals surface area contributed by atoms with Gasteiger partial charge in [0.2, 0.25) is 5.95 Å². The molecule has 16 heavy (non-hydrogen) atoms. The van der Waals surface area contributed by atoms with Crippen molar-refractivity contribution in [2.24, 2.45) is 5.16 Å². The van der Waals surface area contributed by atoms with Crippen LogP contribution in [0.2, 0.25) is 0 Å². The van der Waals surface area contributed by atoms with E-state index in [9.17, 15) is 0 Å². The summed E-state index contributed by atoms with van der Waals surface area (Å²) < 4.78 is 0. The SMILES string of the molecule is CC(C=NO)N(C)Nc1cc(N)nc(N)n1. The minimum atomic E-state index is -0.123. The van der Waals surface area contributed by atoms with Crippen molar-refractivity contribution in [1.82, 2.24) is 15.0 Å². The number of hydrogen-bond donors (Lipinski definition) is 4. The highest BCUT2D eigenvalue weighted by molar-refractivity contribution is 5.63. The van der Waals surface area contributed by atoms with Gasteiger partial charge in [0.25, 0.3) is 0 Å². The molecule has 0 radical (unpaired) electrons. The van der Waals surface area contributed by atoms with Crippen LogP contribution in [0.25, 0.3) is 0 Å². The van der Waals surface area contributed by atoms with Gasteiger partial charge >= 0.3 is 0 Å². The molecule has 0 saturated heterocycles. The van der Waals surface area contributed by atoms with Crippen molar-refractivity contribution >= 4 is 23.8 Å². The fourth-order valence-electron chi connectivity index (χ4n) is 1.02. The molecule has 1 unspecified atom stereocenters. The Morgan fingerprint density at radius 1 is 1.56 bits per heavy atom. The van der Waals surface area contributed by atoms with Crippen molar-refractivity contribution in [3.05, 3.63) is 6.07 Å². The summed E-state index contributed by atoms with van der Waals surface area (Å²) in [5, 5.41) is 13.0. The Morgan fingerprint density at radius 2 is 2.25 bits per heavy atom. The second-order valence-electron chi connectivity index (χ2n) is 3.26. The number of anilines is 3. The zero-order chi connectivity index (χ0) is 12.1. The summed E-state index contributed by atoms with van der Waals surface area (Å²) in [6.45, 7) is 1.83. The molecule has 0 amide bonds. The van der Waals surface area contributed by atoms with Gasteiger partial charge in [0.05, 0.1) is 12.3 Å². The minimum absolute atomic E-state index is 0.0966. The minimum Gasteiger partial charge on any atom is -0.411 e. The molecule has 0 aliphatic rings. The lowest BCUT2D eigenvalue weighted by Crippen LogP contribution is -2.35. The van der Waals surface area contributed by atoms with Gasteiger partial charge in [-0.3, -0.25) is 0 Å². The summed E-state index contributed by atoms with van der Waals surface area (Å²) >= 11 is 0. The van der Waals surface area contributed by atoms with E-state index in [-0.39, 0.29) is 17.8 Å². The summed E-state index contributed by atoms with van der Waals surface area (Å²) in [6.07, 6.45) is 1.36. The van der Waals surface area contributed by atoms with Gasteiger partial charge in [-0.05, 0) is 6.92 Å². The topological polar surface area (TPSA) is 126 Å². The third-order valence-corrected chi connectivity index (χ3v) is 1.95. The zero-order valence-electron chi connectivity index (χ0n) is 9.12.